The fourth-order valence-corrected chi connectivity index (χ4v) is 1.73. The number of pyridine rings is 1. The monoisotopic (exact) mass is 232 g/mol. The number of primary sulfonamides is 1. The maximum Gasteiger partial charge on any atom is 0.256 e. The van der Waals surface area contributed by atoms with Gasteiger partial charge >= 0.3 is 0 Å². The van der Waals surface area contributed by atoms with E-state index in [2.05, 4.69) is 4.98 Å². The summed E-state index contributed by atoms with van der Waals surface area (Å²) in [5, 5.41) is 4.92. The maximum atomic E-state index is 13.2. The van der Waals surface area contributed by atoms with E-state index in [0.717, 1.165) is 25.1 Å². The van der Waals surface area contributed by atoms with Gasteiger partial charge < -0.3 is 4.74 Å². The summed E-state index contributed by atoms with van der Waals surface area (Å²) in [5.74, 6) is -1.32. The Hall–Kier alpha value is -1.21. The molecule has 1 heterocycles. The minimum atomic E-state index is -3.98. The van der Waals surface area contributed by atoms with Crippen molar-refractivity contribution in [1.82, 2.24) is 4.98 Å². The molecular weight excluding hydrogens is 223 g/mol. The summed E-state index contributed by atoms with van der Waals surface area (Å²) < 4.78 is 40.6. The van der Waals surface area contributed by atoms with Gasteiger partial charge in [-0.1, -0.05) is 0 Å². The van der Waals surface area contributed by atoms with Crippen LogP contribution >= 0.6 is 0 Å². The molecule has 1 saturated carbocycles. The maximum absolute atomic E-state index is 13.2. The Balaban J connectivity index is 2.47. The predicted octanol–water partition coefficient (Wildman–Crippen LogP) is 0.409. The molecule has 0 spiro atoms. The first-order valence-electron chi connectivity index (χ1n) is 4.32. The highest BCUT2D eigenvalue weighted by molar-refractivity contribution is 7.89. The zero-order valence-corrected chi connectivity index (χ0v) is 8.50. The lowest BCUT2D eigenvalue weighted by molar-refractivity contribution is 0.274. The molecule has 0 aromatic carbocycles. The van der Waals surface area contributed by atoms with Gasteiger partial charge in [-0.15, -0.1) is 0 Å². The van der Waals surface area contributed by atoms with Crippen LogP contribution in [0, 0.1) is 5.95 Å². The lowest BCUT2D eigenvalue weighted by Crippen LogP contribution is -2.15. The minimum absolute atomic E-state index is 0.121. The number of hydrogen-bond acceptors (Lipinski definition) is 4. The molecule has 15 heavy (non-hydrogen) atoms. The Labute approximate surface area is 86.1 Å². The van der Waals surface area contributed by atoms with Gasteiger partial charge in [0.25, 0.3) is 5.95 Å². The summed E-state index contributed by atoms with van der Waals surface area (Å²) in [6.45, 7) is 0. The van der Waals surface area contributed by atoms with Crippen LogP contribution in [0.3, 0.4) is 0 Å². The first kappa shape index (κ1) is 10.3. The molecule has 0 amide bonds. The van der Waals surface area contributed by atoms with Crippen LogP contribution in [0.5, 0.6) is 5.75 Å². The number of sulfonamides is 1. The molecule has 2 N–H and O–H groups in total. The standard InChI is InChI=1S/C8H9FN2O3S/c9-8-7(14-5-1-2-5)6(3-4-11-8)15(10,12)13/h3-5H,1-2H2,(H2,10,12,13). The summed E-state index contributed by atoms with van der Waals surface area (Å²) >= 11 is 0. The molecule has 1 fully saturated rings. The van der Waals surface area contributed by atoms with Gasteiger partial charge in [0.05, 0.1) is 6.10 Å². The van der Waals surface area contributed by atoms with Crippen LogP contribution in [-0.4, -0.2) is 19.5 Å². The van der Waals surface area contributed by atoms with Crippen molar-refractivity contribution >= 4 is 10.0 Å². The molecule has 1 aromatic heterocycles. The second-order valence-corrected chi connectivity index (χ2v) is 4.82. The Morgan fingerprint density at radius 3 is 2.73 bits per heavy atom. The average Bonchev–Trinajstić information content (AvgIpc) is 2.90. The van der Waals surface area contributed by atoms with Crippen LogP contribution in [0.15, 0.2) is 17.2 Å². The van der Waals surface area contributed by atoms with Crippen molar-refractivity contribution in [1.29, 1.82) is 0 Å². The van der Waals surface area contributed by atoms with E-state index in [0.29, 0.717) is 0 Å². The van der Waals surface area contributed by atoms with Crippen molar-refractivity contribution in [2.75, 3.05) is 0 Å². The molecule has 7 heteroatoms. The summed E-state index contributed by atoms with van der Waals surface area (Å²) in [6.07, 6.45) is 2.50. The van der Waals surface area contributed by atoms with Crippen molar-refractivity contribution in [3.63, 3.8) is 0 Å². The number of ether oxygens (including phenoxy) is 1. The molecule has 0 saturated heterocycles. The zero-order valence-electron chi connectivity index (χ0n) is 7.68. The van der Waals surface area contributed by atoms with Crippen LogP contribution in [0.2, 0.25) is 0 Å². The lowest BCUT2D eigenvalue weighted by Gasteiger charge is -2.08. The molecule has 5 nitrogen and oxygen atoms in total. The van der Waals surface area contributed by atoms with Crippen LogP contribution in [-0.2, 0) is 10.0 Å². The molecule has 0 radical (unpaired) electrons. The first-order valence-corrected chi connectivity index (χ1v) is 5.87. The smallest absolute Gasteiger partial charge is 0.256 e. The zero-order chi connectivity index (χ0) is 11.1. The van der Waals surface area contributed by atoms with Gasteiger partial charge in [0.15, 0.2) is 5.75 Å². The number of hydrogen-bond donors (Lipinski definition) is 1. The van der Waals surface area contributed by atoms with Crippen LogP contribution in [0.25, 0.3) is 0 Å². The van der Waals surface area contributed by atoms with Crippen molar-refractivity contribution in [2.45, 2.75) is 23.8 Å². The van der Waals surface area contributed by atoms with E-state index in [-0.39, 0.29) is 16.7 Å². The number of nitrogens with zero attached hydrogens (tertiary/aromatic N) is 1. The molecule has 0 bridgehead atoms. The second kappa shape index (κ2) is 3.42. The van der Waals surface area contributed by atoms with Crippen molar-refractivity contribution in [2.24, 2.45) is 5.14 Å². The molecule has 0 aliphatic heterocycles. The normalized spacial score (nSPS) is 16.4. The van der Waals surface area contributed by atoms with Gasteiger partial charge in [-0.2, -0.15) is 4.39 Å². The first-order chi connectivity index (χ1) is 6.98. The highest BCUT2D eigenvalue weighted by Gasteiger charge is 2.29. The molecule has 1 aliphatic carbocycles. The fraction of sp³-hybridized carbons (Fsp3) is 0.375. The van der Waals surface area contributed by atoms with Crippen LogP contribution in [0.1, 0.15) is 12.8 Å². The van der Waals surface area contributed by atoms with Gasteiger partial charge in [0.2, 0.25) is 10.0 Å². The van der Waals surface area contributed by atoms with Crippen molar-refractivity contribution < 1.29 is 17.5 Å². The third-order valence-corrected chi connectivity index (χ3v) is 2.87. The number of nitrogens with two attached hydrogens (primary N) is 1. The molecule has 0 unspecified atom stereocenters. The number of aromatic nitrogens is 1. The van der Waals surface area contributed by atoms with Gasteiger partial charge in [0.1, 0.15) is 4.90 Å². The van der Waals surface area contributed by atoms with Crippen molar-refractivity contribution in [3.05, 3.63) is 18.2 Å². The third kappa shape index (κ3) is 2.24. The predicted molar refractivity (Wildman–Crippen MR) is 49.2 cm³/mol. The lowest BCUT2D eigenvalue weighted by atomic mass is 10.4. The third-order valence-electron chi connectivity index (χ3n) is 1.94. The number of rotatable bonds is 3. The average molecular weight is 232 g/mol. The second-order valence-electron chi connectivity index (χ2n) is 3.29. The van der Waals surface area contributed by atoms with E-state index in [1.54, 1.807) is 0 Å². The molecule has 2 rings (SSSR count). The van der Waals surface area contributed by atoms with E-state index in [1.807, 2.05) is 0 Å². The van der Waals surface area contributed by atoms with Gasteiger partial charge in [-0.25, -0.2) is 18.5 Å². The van der Waals surface area contributed by atoms with Gasteiger partial charge in [-0.05, 0) is 18.9 Å². The summed E-state index contributed by atoms with van der Waals surface area (Å²) in [4.78, 5) is 2.96. The summed E-state index contributed by atoms with van der Waals surface area (Å²) in [6, 6.07) is 1.12. The Bertz CT molecular complexity index is 485. The molecule has 1 aromatic rings. The summed E-state index contributed by atoms with van der Waals surface area (Å²) in [5.41, 5.74) is 0. The molecule has 0 atom stereocenters. The Kier molecular flexibility index (Phi) is 2.35. The van der Waals surface area contributed by atoms with Crippen LogP contribution < -0.4 is 9.88 Å². The number of halogens is 1. The molecular formula is C8H9FN2O3S. The topological polar surface area (TPSA) is 82.3 Å². The van der Waals surface area contributed by atoms with Crippen LogP contribution in [0.4, 0.5) is 4.39 Å². The van der Waals surface area contributed by atoms with E-state index < -0.39 is 16.0 Å². The highest BCUT2D eigenvalue weighted by atomic mass is 32.2. The fourth-order valence-electron chi connectivity index (χ4n) is 1.09. The van der Waals surface area contributed by atoms with E-state index in [4.69, 9.17) is 9.88 Å². The molecule has 82 valence electrons. The minimum Gasteiger partial charge on any atom is -0.484 e. The Morgan fingerprint density at radius 1 is 1.53 bits per heavy atom. The van der Waals surface area contributed by atoms with E-state index in [9.17, 15) is 12.8 Å². The Morgan fingerprint density at radius 2 is 2.20 bits per heavy atom. The SMILES string of the molecule is NS(=O)(=O)c1ccnc(F)c1OC1CC1. The van der Waals surface area contributed by atoms with E-state index in [1.165, 1.54) is 0 Å². The van der Waals surface area contributed by atoms with Gasteiger partial charge in [-0.3, -0.25) is 0 Å². The van der Waals surface area contributed by atoms with Gasteiger partial charge in [0, 0.05) is 6.20 Å². The van der Waals surface area contributed by atoms with Crippen molar-refractivity contribution in [3.8, 4) is 5.75 Å². The quantitative estimate of drug-likeness (QED) is 0.765. The largest absolute Gasteiger partial charge is 0.484 e. The molecule has 1 aliphatic rings. The van der Waals surface area contributed by atoms with E-state index >= 15 is 0 Å². The highest BCUT2D eigenvalue weighted by Crippen LogP contribution is 2.31. The summed E-state index contributed by atoms with van der Waals surface area (Å²) in [7, 11) is -3.98.